The van der Waals surface area contributed by atoms with Gasteiger partial charge in [0.25, 0.3) is 0 Å². The van der Waals surface area contributed by atoms with E-state index in [1.54, 1.807) is 12.8 Å². The summed E-state index contributed by atoms with van der Waals surface area (Å²) < 4.78 is 0. The van der Waals surface area contributed by atoms with Gasteiger partial charge in [0.1, 0.15) is 0 Å². The van der Waals surface area contributed by atoms with Crippen molar-refractivity contribution in [3.63, 3.8) is 0 Å². The summed E-state index contributed by atoms with van der Waals surface area (Å²) >= 11 is 0. The van der Waals surface area contributed by atoms with Crippen LogP contribution in [0.25, 0.3) is 0 Å². The van der Waals surface area contributed by atoms with Crippen LogP contribution in [0.1, 0.15) is 44.9 Å². The van der Waals surface area contributed by atoms with Crippen molar-refractivity contribution in [1.82, 2.24) is 10.2 Å². The number of rotatable bonds is 2. The molecule has 0 aromatic rings. The van der Waals surface area contributed by atoms with Crippen LogP contribution >= 0.6 is 0 Å². The number of nitrogens with one attached hydrogen (secondary N) is 1. The third kappa shape index (κ3) is 2.12. The van der Waals surface area contributed by atoms with E-state index in [1.165, 1.54) is 64.8 Å². The molecule has 2 heterocycles. The molecule has 4 rings (SSSR count). The molecule has 2 nitrogen and oxygen atoms in total. The second-order valence-electron chi connectivity index (χ2n) is 7.63. The van der Waals surface area contributed by atoms with Gasteiger partial charge in [-0.1, -0.05) is 6.42 Å². The summed E-state index contributed by atoms with van der Waals surface area (Å²) in [4.78, 5) is 2.85. The van der Waals surface area contributed by atoms with Crippen LogP contribution in [-0.2, 0) is 0 Å². The Morgan fingerprint density at radius 3 is 2.50 bits per heavy atom. The summed E-state index contributed by atoms with van der Waals surface area (Å²) in [6.07, 6.45) is 10.6. The monoisotopic (exact) mass is 248 g/mol. The molecule has 2 aliphatic carbocycles. The minimum absolute atomic E-state index is 0.789. The Balaban J connectivity index is 1.33. The molecule has 4 fully saturated rings. The van der Waals surface area contributed by atoms with E-state index in [-0.39, 0.29) is 0 Å². The second kappa shape index (κ2) is 4.49. The van der Waals surface area contributed by atoms with Crippen molar-refractivity contribution in [3.05, 3.63) is 0 Å². The van der Waals surface area contributed by atoms with E-state index in [0.717, 1.165) is 23.2 Å². The van der Waals surface area contributed by atoms with E-state index in [2.05, 4.69) is 10.2 Å². The standard InChI is InChI=1S/C16H28N2/c1-2-13-8-14(3-1)11-18(10-13)12-15-9-16(15)4-6-17-7-5-16/h13-15,17H,1-12H2. The van der Waals surface area contributed by atoms with Gasteiger partial charge in [0, 0.05) is 19.6 Å². The van der Waals surface area contributed by atoms with Gasteiger partial charge in [-0.3, -0.25) is 0 Å². The van der Waals surface area contributed by atoms with E-state index in [1.807, 2.05) is 0 Å². The highest BCUT2D eigenvalue weighted by molar-refractivity contribution is 5.05. The Labute approximate surface area is 111 Å². The molecule has 3 atom stereocenters. The summed E-state index contributed by atoms with van der Waals surface area (Å²) in [5, 5.41) is 3.52. The first kappa shape index (κ1) is 11.7. The van der Waals surface area contributed by atoms with E-state index in [9.17, 15) is 0 Å². The highest BCUT2D eigenvalue weighted by atomic mass is 15.1. The lowest BCUT2D eigenvalue weighted by Gasteiger charge is -2.42. The number of nitrogens with zero attached hydrogens (tertiary/aromatic N) is 1. The quantitative estimate of drug-likeness (QED) is 0.808. The van der Waals surface area contributed by atoms with Gasteiger partial charge in [0.2, 0.25) is 0 Å². The van der Waals surface area contributed by atoms with Gasteiger partial charge in [0.15, 0.2) is 0 Å². The normalized spacial score (nSPS) is 43.0. The number of piperidine rings is 2. The zero-order valence-electron chi connectivity index (χ0n) is 11.7. The summed E-state index contributed by atoms with van der Waals surface area (Å²) in [6.45, 7) is 6.86. The smallest absolute Gasteiger partial charge is 0.00154 e. The Morgan fingerprint density at radius 1 is 1.06 bits per heavy atom. The minimum Gasteiger partial charge on any atom is -0.317 e. The summed E-state index contributed by atoms with van der Waals surface area (Å²) in [5.41, 5.74) is 0.789. The zero-order chi connectivity index (χ0) is 12.0. The molecular formula is C16H28N2. The third-order valence-electron chi connectivity index (χ3n) is 6.36. The van der Waals surface area contributed by atoms with Crippen molar-refractivity contribution in [2.24, 2.45) is 23.2 Å². The molecule has 102 valence electrons. The first-order valence-corrected chi connectivity index (χ1v) is 8.27. The molecule has 3 unspecified atom stereocenters. The maximum absolute atomic E-state index is 3.52. The topological polar surface area (TPSA) is 15.3 Å². The van der Waals surface area contributed by atoms with Crippen molar-refractivity contribution < 1.29 is 0 Å². The van der Waals surface area contributed by atoms with Crippen LogP contribution in [0.2, 0.25) is 0 Å². The molecule has 2 heteroatoms. The maximum atomic E-state index is 3.52. The lowest BCUT2D eigenvalue weighted by Crippen LogP contribution is -2.44. The molecule has 1 N–H and O–H groups in total. The fraction of sp³-hybridized carbons (Fsp3) is 1.00. The average molecular weight is 248 g/mol. The van der Waals surface area contributed by atoms with E-state index in [4.69, 9.17) is 0 Å². The lowest BCUT2D eigenvalue weighted by atomic mass is 9.78. The fourth-order valence-electron chi connectivity index (χ4n) is 5.23. The molecule has 2 saturated heterocycles. The largest absolute Gasteiger partial charge is 0.317 e. The van der Waals surface area contributed by atoms with Crippen LogP contribution in [-0.4, -0.2) is 37.6 Å². The van der Waals surface area contributed by atoms with Gasteiger partial charge in [-0.2, -0.15) is 0 Å². The summed E-state index contributed by atoms with van der Waals surface area (Å²) in [7, 11) is 0. The van der Waals surface area contributed by atoms with Crippen LogP contribution in [0.15, 0.2) is 0 Å². The van der Waals surface area contributed by atoms with Crippen LogP contribution < -0.4 is 5.32 Å². The Bertz CT molecular complexity index is 296. The predicted octanol–water partition coefficient (Wildman–Crippen LogP) is 2.50. The second-order valence-corrected chi connectivity index (χ2v) is 7.63. The maximum Gasteiger partial charge on any atom is 0.00154 e. The van der Waals surface area contributed by atoms with Crippen molar-refractivity contribution in [1.29, 1.82) is 0 Å². The molecule has 2 aliphatic heterocycles. The van der Waals surface area contributed by atoms with Crippen LogP contribution in [0, 0.1) is 23.2 Å². The van der Waals surface area contributed by atoms with Gasteiger partial charge in [-0.25, -0.2) is 0 Å². The molecule has 0 amide bonds. The van der Waals surface area contributed by atoms with Crippen molar-refractivity contribution in [3.8, 4) is 0 Å². The highest BCUT2D eigenvalue weighted by Gasteiger charge is 2.54. The first-order valence-electron chi connectivity index (χ1n) is 8.27. The number of fused-ring (bicyclic) bond motifs is 2. The van der Waals surface area contributed by atoms with Crippen LogP contribution in [0.4, 0.5) is 0 Å². The summed E-state index contributed by atoms with van der Waals surface area (Å²) in [6, 6.07) is 0. The third-order valence-corrected chi connectivity index (χ3v) is 6.36. The van der Waals surface area contributed by atoms with E-state index >= 15 is 0 Å². The highest BCUT2D eigenvalue weighted by Crippen LogP contribution is 2.59. The molecule has 2 bridgehead atoms. The molecule has 18 heavy (non-hydrogen) atoms. The molecular weight excluding hydrogens is 220 g/mol. The minimum atomic E-state index is 0.789. The lowest BCUT2D eigenvalue weighted by molar-refractivity contribution is 0.0778. The van der Waals surface area contributed by atoms with Gasteiger partial charge in [0.05, 0.1) is 0 Å². The first-order chi connectivity index (χ1) is 8.84. The number of hydrogen-bond donors (Lipinski definition) is 1. The molecule has 4 aliphatic rings. The van der Waals surface area contributed by atoms with Crippen LogP contribution in [0.3, 0.4) is 0 Å². The van der Waals surface area contributed by atoms with E-state index in [0.29, 0.717) is 0 Å². The Hall–Kier alpha value is -0.0800. The van der Waals surface area contributed by atoms with Gasteiger partial charge in [-0.15, -0.1) is 0 Å². The summed E-state index contributed by atoms with van der Waals surface area (Å²) in [5.74, 6) is 3.17. The van der Waals surface area contributed by atoms with E-state index < -0.39 is 0 Å². The molecule has 2 saturated carbocycles. The predicted molar refractivity (Wildman–Crippen MR) is 74.5 cm³/mol. The number of hydrogen-bond acceptors (Lipinski definition) is 2. The Kier molecular flexibility index (Phi) is 2.92. The number of likely N-dealkylation sites (tertiary alicyclic amines) is 1. The molecule has 0 radical (unpaired) electrons. The fourth-order valence-corrected chi connectivity index (χ4v) is 5.23. The molecule has 1 spiro atoms. The van der Waals surface area contributed by atoms with Crippen LogP contribution in [0.5, 0.6) is 0 Å². The van der Waals surface area contributed by atoms with Crippen molar-refractivity contribution in [2.75, 3.05) is 32.7 Å². The zero-order valence-corrected chi connectivity index (χ0v) is 11.7. The van der Waals surface area contributed by atoms with Crippen molar-refractivity contribution in [2.45, 2.75) is 44.9 Å². The Morgan fingerprint density at radius 2 is 1.78 bits per heavy atom. The van der Waals surface area contributed by atoms with Gasteiger partial charge in [-0.05, 0) is 74.8 Å². The SMILES string of the molecule is C1CC2CC(C1)CN(CC1CC13CCNCC3)C2. The van der Waals surface area contributed by atoms with Crippen molar-refractivity contribution >= 4 is 0 Å². The molecule has 0 aromatic carbocycles. The molecule has 0 aromatic heterocycles. The average Bonchev–Trinajstić information content (AvgIpc) is 3.01. The van der Waals surface area contributed by atoms with Gasteiger partial charge >= 0.3 is 0 Å². The van der Waals surface area contributed by atoms with Gasteiger partial charge < -0.3 is 10.2 Å².